The first-order valence-corrected chi connectivity index (χ1v) is 7.28. The molecule has 0 N–H and O–H groups in total. The van der Waals surface area contributed by atoms with Crippen molar-refractivity contribution in [3.05, 3.63) is 29.6 Å². The van der Waals surface area contributed by atoms with E-state index < -0.39 is 28.9 Å². The highest BCUT2D eigenvalue weighted by Crippen LogP contribution is 2.26. The summed E-state index contributed by atoms with van der Waals surface area (Å²) in [6, 6.07) is 2.68. The molecule has 1 unspecified atom stereocenters. The van der Waals surface area contributed by atoms with E-state index in [0.717, 1.165) is 0 Å². The van der Waals surface area contributed by atoms with Crippen molar-refractivity contribution in [1.29, 1.82) is 0 Å². The van der Waals surface area contributed by atoms with E-state index in [9.17, 15) is 17.2 Å². The fourth-order valence-corrected chi connectivity index (χ4v) is 2.06. The Bertz CT molecular complexity index is 516. The van der Waals surface area contributed by atoms with Crippen LogP contribution in [0.15, 0.2) is 18.3 Å². The second kappa shape index (κ2) is 7.02. The highest BCUT2D eigenvalue weighted by molar-refractivity contribution is 7.86. The van der Waals surface area contributed by atoms with Crippen LogP contribution in [0.4, 0.5) is 8.78 Å². The zero-order valence-corrected chi connectivity index (χ0v) is 11.9. The van der Waals surface area contributed by atoms with Crippen LogP contribution in [0.2, 0.25) is 0 Å². The number of ether oxygens (including phenoxy) is 2. The lowest BCUT2D eigenvalue weighted by molar-refractivity contribution is -0.106. The summed E-state index contributed by atoms with van der Waals surface area (Å²) < 4.78 is 61.9. The van der Waals surface area contributed by atoms with Gasteiger partial charge in [-0.05, 0) is 6.07 Å². The minimum Gasteiger partial charge on any atom is -0.352 e. The van der Waals surface area contributed by atoms with Crippen LogP contribution in [-0.2, 0) is 23.8 Å². The Labute approximate surface area is 115 Å². The maximum atomic E-state index is 12.8. The van der Waals surface area contributed by atoms with Crippen LogP contribution < -0.4 is 0 Å². The predicted octanol–water partition coefficient (Wildman–Crippen LogP) is 1.66. The summed E-state index contributed by atoms with van der Waals surface area (Å²) in [4.78, 5) is 3.77. The Morgan fingerprint density at radius 3 is 2.15 bits per heavy atom. The molecule has 6 nitrogen and oxygen atoms in total. The van der Waals surface area contributed by atoms with Crippen molar-refractivity contribution in [3.8, 4) is 0 Å². The molecule has 9 heteroatoms. The van der Waals surface area contributed by atoms with E-state index >= 15 is 0 Å². The van der Waals surface area contributed by atoms with E-state index in [2.05, 4.69) is 9.17 Å². The lowest BCUT2D eigenvalue weighted by Gasteiger charge is -2.17. The topological polar surface area (TPSA) is 74.7 Å². The molecule has 114 valence electrons. The highest BCUT2D eigenvalue weighted by Gasteiger charge is 2.29. The summed E-state index contributed by atoms with van der Waals surface area (Å²) in [6.07, 6.45) is -3.69. The molecule has 0 bridgehead atoms. The Hall–Kier alpha value is -1.16. The van der Waals surface area contributed by atoms with Gasteiger partial charge < -0.3 is 9.47 Å². The van der Waals surface area contributed by atoms with Gasteiger partial charge >= 0.3 is 0 Å². The molecule has 20 heavy (non-hydrogen) atoms. The number of rotatable bonds is 7. The minimum atomic E-state index is -4.02. The van der Waals surface area contributed by atoms with Gasteiger partial charge in [-0.1, -0.05) is 6.07 Å². The maximum absolute atomic E-state index is 12.8. The lowest BCUT2D eigenvalue weighted by atomic mass is 10.2. The molecular weight excluding hydrogens is 296 g/mol. The quantitative estimate of drug-likeness (QED) is 0.563. The van der Waals surface area contributed by atoms with E-state index in [1.165, 1.54) is 32.5 Å². The third-order valence-electron chi connectivity index (χ3n) is 2.31. The molecule has 0 radical (unpaired) electrons. The molecule has 1 rings (SSSR count). The number of alkyl halides is 2. The molecule has 0 saturated heterocycles. The van der Waals surface area contributed by atoms with Gasteiger partial charge in [0.15, 0.2) is 12.4 Å². The van der Waals surface area contributed by atoms with Gasteiger partial charge in [0.2, 0.25) is 0 Å². The molecular formula is C11H15F2NO5S. The summed E-state index contributed by atoms with van der Waals surface area (Å²) in [5.41, 5.74) is 0.311. The van der Waals surface area contributed by atoms with E-state index in [4.69, 9.17) is 9.47 Å². The molecule has 1 aromatic rings. The van der Waals surface area contributed by atoms with Crippen LogP contribution in [0.5, 0.6) is 0 Å². The molecule has 0 aromatic carbocycles. The fraction of sp³-hybridized carbons (Fsp3) is 0.545. The second-order valence-electron chi connectivity index (χ2n) is 3.88. The molecule has 0 saturated carbocycles. The van der Waals surface area contributed by atoms with E-state index in [0.29, 0.717) is 11.8 Å². The predicted molar refractivity (Wildman–Crippen MR) is 65.7 cm³/mol. The summed E-state index contributed by atoms with van der Waals surface area (Å²) >= 11 is 0. The molecule has 0 fully saturated rings. The number of methoxy groups -OCH3 is 2. The first-order chi connectivity index (χ1) is 9.28. The largest absolute Gasteiger partial charge is 0.352 e. The van der Waals surface area contributed by atoms with Crippen LogP contribution in [0.25, 0.3) is 0 Å². The Balaban J connectivity index is 2.99. The number of hydrogen-bond donors (Lipinski definition) is 0. The summed E-state index contributed by atoms with van der Waals surface area (Å²) in [5.74, 6) is 0. The van der Waals surface area contributed by atoms with Crippen LogP contribution in [-0.4, -0.2) is 40.3 Å². The second-order valence-corrected chi connectivity index (χ2v) is 5.48. The third-order valence-corrected chi connectivity index (χ3v) is 2.87. The average Bonchev–Trinajstić information content (AvgIpc) is 2.37. The number of aromatic nitrogens is 1. The maximum Gasteiger partial charge on any atom is 0.271 e. The van der Waals surface area contributed by atoms with Gasteiger partial charge in [0.1, 0.15) is 0 Å². The third kappa shape index (κ3) is 4.75. The normalized spacial score (nSPS) is 13.9. The summed E-state index contributed by atoms with van der Waals surface area (Å²) in [7, 11) is -1.19. The van der Waals surface area contributed by atoms with Crippen molar-refractivity contribution in [2.45, 2.75) is 18.8 Å². The summed E-state index contributed by atoms with van der Waals surface area (Å²) in [5, 5.41) is 0. The molecule has 0 aliphatic rings. The standard InChI is InChI=1S/C11H15F2NO5S/c1-17-11(18-2)7-4-5-8(14-6-7)9(10(12)13)19-20(3,15)16/h4-6,9-11H,1-3H3. The monoisotopic (exact) mass is 311 g/mol. The smallest absolute Gasteiger partial charge is 0.271 e. The number of hydrogen-bond acceptors (Lipinski definition) is 6. The molecule has 0 spiro atoms. The molecule has 0 aliphatic carbocycles. The van der Waals surface area contributed by atoms with Crippen molar-refractivity contribution in [1.82, 2.24) is 4.98 Å². The van der Waals surface area contributed by atoms with Gasteiger partial charge in [-0.2, -0.15) is 8.42 Å². The van der Waals surface area contributed by atoms with Gasteiger partial charge in [0.05, 0.1) is 11.9 Å². The number of nitrogens with zero attached hydrogens (tertiary/aromatic N) is 1. The SMILES string of the molecule is COC(OC)c1ccc(C(OS(C)(=O)=O)C(F)F)nc1. The number of halogens is 2. The van der Waals surface area contributed by atoms with Crippen LogP contribution >= 0.6 is 0 Å². The lowest BCUT2D eigenvalue weighted by Crippen LogP contribution is -2.18. The minimum absolute atomic E-state index is 0.194. The first kappa shape index (κ1) is 16.9. The number of pyridine rings is 1. The molecule has 1 aromatic heterocycles. The Morgan fingerprint density at radius 2 is 1.80 bits per heavy atom. The van der Waals surface area contributed by atoms with E-state index in [-0.39, 0.29) is 5.69 Å². The molecule has 0 amide bonds. The van der Waals surface area contributed by atoms with Crippen molar-refractivity contribution in [3.63, 3.8) is 0 Å². The first-order valence-electron chi connectivity index (χ1n) is 5.46. The highest BCUT2D eigenvalue weighted by atomic mass is 32.2. The van der Waals surface area contributed by atoms with Gasteiger partial charge in [-0.25, -0.2) is 8.78 Å². The zero-order chi connectivity index (χ0) is 15.3. The molecule has 1 heterocycles. The van der Waals surface area contributed by atoms with Crippen molar-refractivity contribution >= 4 is 10.1 Å². The molecule has 0 aliphatic heterocycles. The average molecular weight is 311 g/mol. The fourth-order valence-electron chi connectivity index (χ4n) is 1.50. The summed E-state index contributed by atoms with van der Waals surface area (Å²) in [6.45, 7) is 0. The van der Waals surface area contributed by atoms with E-state index in [1.807, 2.05) is 0 Å². The van der Waals surface area contributed by atoms with E-state index in [1.54, 1.807) is 0 Å². The van der Waals surface area contributed by atoms with Crippen LogP contribution in [0, 0.1) is 0 Å². The zero-order valence-electron chi connectivity index (χ0n) is 11.1. The Kier molecular flexibility index (Phi) is 5.93. The van der Waals surface area contributed by atoms with Gasteiger partial charge in [0, 0.05) is 26.0 Å². The van der Waals surface area contributed by atoms with Crippen molar-refractivity contribution < 1.29 is 30.9 Å². The van der Waals surface area contributed by atoms with Crippen LogP contribution in [0.1, 0.15) is 23.7 Å². The van der Waals surface area contributed by atoms with Crippen molar-refractivity contribution in [2.75, 3.05) is 20.5 Å². The van der Waals surface area contributed by atoms with Crippen molar-refractivity contribution in [2.24, 2.45) is 0 Å². The Morgan fingerprint density at radius 1 is 1.20 bits per heavy atom. The van der Waals surface area contributed by atoms with Gasteiger partial charge in [0.25, 0.3) is 16.5 Å². The van der Waals surface area contributed by atoms with Crippen LogP contribution in [0.3, 0.4) is 0 Å². The van der Waals surface area contributed by atoms with Gasteiger partial charge in [-0.15, -0.1) is 0 Å². The molecule has 1 atom stereocenters. The van der Waals surface area contributed by atoms with Gasteiger partial charge in [-0.3, -0.25) is 9.17 Å².